The van der Waals surface area contributed by atoms with Crippen LogP contribution < -0.4 is 0 Å². The number of rotatable bonds is 13. The topological polar surface area (TPSA) is 68.3 Å². The minimum atomic E-state index is -1.28. The zero-order valence-electron chi connectivity index (χ0n) is 26.0. The van der Waals surface area contributed by atoms with E-state index >= 15 is 0 Å². The predicted molar refractivity (Wildman–Crippen MR) is 160 cm³/mol. The van der Waals surface area contributed by atoms with Crippen molar-refractivity contribution in [3.8, 4) is 0 Å². The lowest BCUT2D eigenvalue weighted by Crippen LogP contribution is -2.72. The van der Waals surface area contributed by atoms with E-state index in [0.717, 1.165) is 30.3 Å². The van der Waals surface area contributed by atoms with Gasteiger partial charge in [-0.3, -0.25) is 14.4 Å². The molecule has 4 heteroatoms. The molecule has 0 aromatic carbocycles. The van der Waals surface area contributed by atoms with Gasteiger partial charge in [0.15, 0.2) is 17.3 Å². The quantitative estimate of drug-likeness (QED) is 0.102. The summed E-state index contributed by atoms with van der Waals surface area (Å²) in [4.78, 5) is 55.5. The van der Waals surface area contributed by atoms with Crippen LogP contribution in [0.4, 0.5) is 0 Å². The summed E-state index contributed by atoms with van der Waals surface area (Å²) in [5, 5.41) is 0. The van der Waals surface area contributed by atoms with Crippen molar-refractivity contribution >= 4 is 23.6 Å². The molecule has 2 rings (SSSR count). The van der Waals surface area contributed by atoms with E-state index in [9.17, 15) is 19.2 Å². The summed E-state index contributed by atoms with van der Waals surface area (Å²) in [6.07, 6.45) is 13.7. The highest BCUT2D eigenvalue weighted by molar-refractivity contribution is 6.30. The number of carbonyl (C=O) groups is 4. The van der Waals surface area contributed by atoms with Crippen LogP contribution in [0.25, 0.3) is 0 Å². The fraction of sp³-hybridized carbons (Fsp3) is 0.657. The number of allylic oxidation sites excluding steroid dienone is 8. The highest BCUT2D eigenvalue weighted by atomic mass is 16.2. The maximum atomic E-state index is 15.0. The van der Waals surface area contributed by atoms with Crippen LogP contribution in [-0.4, -0.2) is 23.6 Å². The van der Waals surface area contributed by atoms with Crippen molar-refractivity contribution in [1.29, 1.82) is 0 Å². The molecule has 216 valence electrons. The number of hydrogen-bond donors (Lipinski definition) is 0. The molecule has 0 saturated heterocycles. The molecular formula is C35H52O4. The Balaban J connectivity index is 2.93. The third kappa shape index (κ3) is 6.52. The number of hydrogen-bond acceptors (Lipinski definition) is 4. The molecule has 0 amide bonds. The first-order chi connectivity index (χ1) is 18.2. The van der Waals surface area contributed by atoms with Crippen LogP contribution in [0.3, 0.4) is 0 Å². The summed E-state index contributed by atoms with van der Waals surface area (Å²) in [5.74, 6) is -1.39. The SMILES string of the molecule is CC(C)=CCCC1(C)C(CC=C(C)C)CC2(CC=C(C)C)C(=O)C(CC=C(C)C)C(=O)C1(CCCC=O)C2=O. The van der Waals surface area contributed by atoms with E-state index in [0.29, 0.717) is 44.9 Å². The molecule has 0 aromatic heterocycles. The van der Waals surface area contributed by atoms with Crippen molar-refractivity contribution in [2.24, 2.45) is 28.1 Å². The fourth-order valence-corrected chi connectivity index (χ4v) is 7.11. The molecule has 5 unspecified atom stereocenters. The minimum Gasteiger partial charge on any atom is -0.303 e. The average Bonchev–Trinajstić information content (AvgIpc) is 2.84. The van der Waals surface area contributed by atoms with E-state index in [1.165, 1.54) is 11.1 Å². The third-order valence-corrected chi connectivity index (χ3v) is 9.34. The molecule has 0 aliphatic heterocycles. The summed E-state index contributed by atoms with van der Waals surface area (Å²) < 4.78 is 0. The molecule has 0 N–H and O–H groups in total. The Kier molecular flexibility index (Phi) is 11.2. The minimum absolute atomic E-state index is 0.00485. The van der Waals surface area contributed by atoms with E-state index in [-0.39, 0.29) is 23.3 Å². The fourth-order valence-electron chi connectivity index (χ4n) is 7.11. The summed E-state index contributed by atoms with van der Waals surface area (Å²) in [5.41, 5.74) is 1.40. The molecule has 0 radical (unpaired) electrons. The van der Waals surface area contributed by atoms with Crippen LogP contribution in [0.15, 0.2) is 46.6 Å². The molecular weight excluding hydrogens is 484 g/mol. The van der Waals surface area contributed by atoms with Crippen molar-refractivity contribution < 1.29 is 19.2 Å². The Labute approximate surface area is 237 Å². The molecule has 0 aromatic rings. The lowest BCUT2D eigenvalue weighted by atomic mass is 9.36. The Hall–Kier alpha value is -2.36. The zero-order valence-corrected chi connectivity index (χ0v) is 26.0. The van der Waals surface area contributed by atoms with Crippen LogP contribution in [-0.2, 0) is 19.2 Å². The van der Waals surface area contributed by atoms with Crippen molar-refractivity contribution in [1.82, 2.24) is 0 Å². The lowest BCUT2D eigenvalue weighted by Gasteiger charge is -2.63. The largest absolute Gasteiger partial charge is 0.303 e. The summed E-state index contributed by atoms with van der Waals surface area (Å²) in [6.45, 7) is 18.3. The third-order valence-electron chi connectivity index (χ3n) is 9.34. The Morgan fingerprint density at radius 2 is 1.31 bits per heavy atom. The van der Waals surface area contributed by atoms with Crippen LogP contribution in [0, 0.1) is 28.1 Å². The van der Waals surface area contributed by atoms with Gasteiger partial charge in [0.2, 0.25) is 0 Å². The highest BCUT2D eigenvalue weighted by Crippen LogP contribution is 2.67. The van der Waals surface area contributed by atoms with E-state index in [1.807, 2.05) is 39.8 Å². The van der Waals surface area contributed by atoms with Gasteiger partial charge in [0.1, 0.15) is 6.29 Å². The van der Waals surface area contributed by atoms with Crippen molar-refractivity contribution in [3.05, 3.63) is 46.6 Å². The molecule has 2 bridgehead atoms. The number of Topliss-reactive ketones (excluding diaryl/α,β-unsaturated/α-hetero) is 3. The zero-order chi connectivity index (χ0) is 29.6. The van der Waals surface area contributed by atoms with Crippen LogP contribution in [0.1, 0.15) is 120 Å². The van der Waals surface area contributed by atoms with E-state index in [4.69, 9.17) is 0 Å². The number of aldehydes is 1. The molecule has 39 heavy (non-hydrogen) atoms. The highest BCUT2D eigenvalue weighted by Gasteiger charge is 2.74. The van der Waals surface area contributed by atoms with E-state index in [1.54, 1.807) is 0 Å². The lowest BCUT2D eigenvalue weighted by molar-refractivity contribution is -0.188. The van der Waals surface area contributed by atoms with Gasteiger partial charge < -0.3 is 4.79 Å². The van der Waals surface area contributed by atoms with Crippen molar-refractivity contribution in [2.45, 2.75) is 120 Å². The van der Waals surface area contributed by atoms with Gasteiger partial charge in [-0.15, -0.1) is 0 Å². The van der Waals surface area contributed by atoms with Gasteiger partial charge in [0, 0.05) is 6.42 Å². The van der Waals surface area contributed by atoms with Crippen LogP contribution in [0.2, 0.25) is 0 Å². The molecule has 2 fully saturated rings. The van der Waals surface area contributed by atoms with Gasteiger partial charge in [-0.25, -0.2) is 0 Å². The van der Waals surface area contributed by atoms with E-state index < -0.39 is 22.2 Å². The molecule has 0 spiro atoms. The molecule has 2 aliphatic carbocycles. The average molecular weight is 537 g/mol. The number of carbonyl (C=O) groups excluding carboxylic acids is 4. The first-order valence-corrected chi connectivity index (χ1v) is 14.8. The molecule has 5 atom stereocenters. The van der Waals surface area contributed by atoms with Gasteiger partial charge in [0.05, 0.1) is 16.7 Å². The van der Waals surface area contributed by atoms with Gasteiger partial charge in [-0.2, -0.15) is 0 Å². The molecule has 4 nitrogen and oxygen atoms in total. The monoisotopic (exact) mass is 536 g/mol. The van der Waals surface area contributed by atoms with Gasteiger partial charge >= 0.3 is 0 Å². The first-order valence-electron chi connectivity index (χ1n) is 14.8. The maximum Gasteiger partial charge on any atom is 0.160 e. The van der Waals surface area contributed by atoms with Gasteiger partial charge in [-0.1, -0.05) is 53.5 Å². The predicted octanol–water partition coefficient (Wildman–Crippen LogP) is 8.51. The number of fused-ring (bicyclic) bond motifs is 2. The van der Waals surface area contributed by atoms with Crippen molar-refractivity contribution in [2.75, 3.05) is 0 Å². The van der Waals surface area contributed by atoms with E-state index in [2.05, 4.69) is 46.8 Å². The van der Waals surface area contributed by atoms with Crippen molar-refractivity contribution in [3.63, 3.8) is 0 Å². The second-order valence-electron chi connectivity index (χ2n) is 13.3. The van der Waals surface area contributed by atoms with Crippen LogP contribution >= 0.6 is 0 Å². The number of unbranched alkanes of at least 4 members (excludes halogenated alkanes) is 1. The Morgan fingerprint density at radius 1 is 0.744 bits per heavy atom. The Morgan fingerprint density at radius 3 is 1.85 bits per heavy atom. The van der Waals surface area contributed by atoms with Gasteiger partial charge in [0.25, 0.3) is 0 Å². The second kappa shape index (κ2) is 13.3. The molecule has 2 aliphatic rings. The summed E-state index contributed by atoms with van der Waals surface area (Å²) in [6, 6.07) is 0. The summed E-state index contributed by atoms with van der Waals surface area (Å²) >= 11 is 0. The van der Waals surface area contributed by atoms with Gasteiger partial charge in [-0.05, 0) is 118 Å². The standard InChI is InChI=1S/C35H52O4/c1-24(2)13-12-19-33(9)28(16-14-25(3)4)23-34(21-18-27(7)8)30(37)29(17-15-26(5)6)31(38)35(33,32(34)39)20-10-11-22-36/h13-15,18,22,28-29H,10-12,16-17,19-21,23H2,1-9H3. The maximum absolute atomic E-state index is 15.0. The van der Waals surface area contributed by atoms with Crippen LogP contribution in [0.5, 0.6) is 0 Å². The summed E-state index contributed by atoms with van der Waals surface area (Å²) in [7, 11) is 0. The second-order valence-corrected chi connectivity index (χ2v) is 13.3. The number of ketones is 3. The normalized spacial score (nSPS) is 29.9. The molecule has 2 saturated carbocycles. The smallest absolute Gasteiger partial charge is 0.160 e. The Bertz CT molecular complexity index is 1070. The first kappa shape index (κ1) is 32.8. The molecule has 0 heterocycles.